The molecule has 0 aliphatic carbocycles. The second-order valence-corrected chi connectivity index (χ2v) is 7.17. The maximum atomic E-state index is 12.2. The molecule has 2 N–H and O–H groups in total. The number of carbonyl (C=O) groups is 1. The van der Waals surface area contributed by atoms with Crippen molar-refractivity contribution in [3.63, 3.8) is 0 Å². The number of nitrogens with zero attached hydrogens (tertiary/aromatic N) is 1. The summed E-state index contributed by atoms with van der Waals surface area (Å²) < 4.78 is 4.81. The van der Waals surface area contributed by atoms with E-state index < -0.39 is 5.97 Å². The Morgan fingerprint density at radius 1 is 1.11 bits per heavy atom. The SMILES string of the molecule is COC(=O)C1=C(O)/C(=C\c2cc(C)ccc2O)SC1=Nc1cccc(C)c1. The number of ether oxygens (including phenoxy) is 1. The smallest absolute Gasteiger partial charge is 0.344 e. The molecule has 27 heavy (non-hydrogen) atoms. The fourth-order valence-electron chi connectivity index (χ4n) is 2.64. The number of esters is 1. The number of aryl methyl sites for hydroxylation is 2. The third-order valence-electron chi connectivity index (χ3n) is 3.98. The number of aliphatic imine (C=N–C) groups is 1. The molecule has 1 aliphatic heterocycles. The highest BCUT2D eigenvalue weighted by atomic mass is 32.2. The number of hydrogen-bond donors (Lipinski definition) is 2. The molecule has 2 aromatic rings. The van der Waals surface area contributed by atoms with Crippen molar-refractivity contribution >= 4 is 34.5 Å². The topological polar surface area (TPSA) is 79.1 Å². The monoisotopic (exact) mass is 381 g/mol. The van der Waals surface area contributed by atoms with Crippen molar-refractivity contribution < 1.29 is 19.7 Å². The molecule has 0 bridgehead atoms. The molecule has 5 nitrogen and oxygen atoms in total. The summed E-state index contributed by atoms with van der Waals surface area (Å²) in [7, 11) is 1.26. The van der Waals surface area contributed by atoms with Crippen LogP contribution in [0.25, 0.3) is 6.08 Å². The van der Waals surface area contributed by atoms with Gasteiger partial charge in [-0.05, 0) is 49.8 Å². The van der Waals surface area contributed by atoms with Crippen molar-refractivity contribution in [3.05, 3.63) is 75.4 Å². The lowest BCUT2D eigenvalue weighted by Crippen LogP contribution is -2.10. The van der Waals surface area contributed by atoms with Gasteiger partial charge >= 0.3 is 5.97 Å². The van der Waals surface area contributed by atoms with Crippen LogP contribution in [0.3, 0.4) is 0 Å². The lowest BCUT2D eigenvalue weighted by atomic mass is 10.1. The summed E-state index contributed by atoms with van der Waals surface area (Å²) in [6.45, 7) is 3.86. The van der Waals surface area contributed by atoms with E-state index in [4.69, 9.17) is 4.74 Å². The summed E-state index contributed by atoms with van der Waals surface area (Å²) in [5.74, 6) is -0.785. The van der Waals surface area contributed by atoms with Crippen LogP contribution in [0.4, 0.5) is 5.69 Å². The standard InChI is InChI=1S/C21H19NO4S/c1-12-5-4-6-15(10-12)22-20-18(21(25)26-3)19(24)17(27-20)11-14-9-13(2)7-8-16(14)23/h4-11,23-24H,1-3H3/b17-11+,22-20?. The minimum atomic E-state index is -0.664. The van der Waals surface area contributed by atoms with Gasteiger partial charge in [0, 0.05) is 5.56 Å². The number of aliphatic hydroxyl groups excluding tert-OH is 1. The largest absolute Gasteiger partial charge is 0.507 e. The number of aliphatic hydroxyl groups is 1. The highest BCUT2D eigenvalue weighted by Gasteiger charge is 2.33. The minimum absolute atomic E-state index is 0.0161. The molecule has 0 spiro atoms. The van der Waals surface area contributed by atoms with Crippen molar-refractivity contribution in [1.82, 2.24) is 0 Å². The maximum absolute atomic E-state index is 12.2. The van der Waals surface area contributed by atoms with Crippen LogP contribution >= 0.6 is 11.8 Å². The zero-order valence-corrected chi connectivity index (χ0v) is 16.0. The Labute approximate surface area is 161 Å². The average molecular weight is 381 g/mol. The van der Waals surface area contributed by atoms with Crippen LogP contribution in [0.15, 0.2) is 63.7 Å². The molecule has 0 fully saturated rings. The summed E-state index contributed by atoms with van der Waals surface area (Å²) in [5.41, 5.74) is 3.24. The Bertz CT molecular complexity index is 1000. The molecule has 2 aromatic carbocycles. The Hall–Kier alpha value is -2.99. The van der Waals surface area contributed by atoms with Crippen LogP contribution in [-0.4, -0.2) is 28.3 Å². The first-order valence-corrected chi connectivity index (χ1v) is 9.07. The van der Waals surface area contributed by atoms with Crippen LogP contribution in [0.1, 0.15) is 16.7 Å². The Morgan fingerprint density at radius 2 is 1.85 bits per heavy atom. The minimum Gasteiger partial charge on any atom is -0.507 e. The van der Waals surface area contributed by atoms with Crippen LogP contribution in [0, 0.1) is 13.8 Å². The molecule has 6 heteroatoms. The van der Waals surface area contributed by atoms with Gasteiger partial charge in [0.1, 0.15) is 22.1 Å². The number of phenols is 1. The number of aromatic hydroxyl groups is 1. The first kappa shape index (κ1) is 18.8. The van der Waals surface area contributed by atoms with E-state index in [-0.39, 0.29) is 17.1 Å². The van der Waals surface area contributed by atoms with Gasteiger partial charge < -0.3 is 14.9 Å². The molecule has 0 amide bonds. The number of methoxy groups -OCH3 is 1. The molecule has 0 atom stereocenters. The van der Waals surface area contributed by atoms with Gasteiger partial charge in [0.15, 0.2) is 0 Å². The van der Waals surface area contributed by atoms with E-state index >= 15 is 0 Å². The first-order chi connectivity index (χ1) is 12.9. The van der Waals surface area contributed by atoms with E-state index in [0.29, 0.717) is 21.2 Å². The average Bonchev–Trinajstić information content (AvgIpc) is 2.93. The van der Waals surface area contributed by atoms with Gasteiger partial charge in [-0.3, -0.25) is 0 Å². The van der Waals surface area contributed by atoms with Gasteiger partial charge in [0.05, 0.1) is 17.7 Å². The molecule has 0 radical (unpaired) electrons. The number of benzene rings is 2. The van der Waals surface area contributed by atoms with E-state index in [1.54, 1.807) is 24.3 Å². The zero-order chi connectivity index (χ0) is 19.6. The van der Waals surface area contributed by atoms with Gasteiger partial charge in [-0.1, -0.05) is 35.5 Å². The predicted octanol–water partition coefficient (Wildman–Crippen LogP) is 4.81. The third-order valence-corrected chi connectivity index (χ3v) is 5.00. The van der Waals surface area contributed by atoms with Crippen molar-refractivity contribution in [2.75, 3.05) is 7.11 Å². The molecular formula is C21H19NO4S. The summed E-state index contributed by atoms with van der Waals surface area (Å²) >= 11 is 1.16. The van der Waals surface area contributed by atoms with Crippen LogP contribution in [-0.2, 0) is 9.53 Å². The fraction of sp³-hybridized carbons (Fsp3) is 0.143. The van der Waals surface area contributed by atoms with Crippen LogP contribution in [0.2, 0.25) is 0 Å². The van der Waals surface area contributed by atoms with Crippen molar-refractivity contribution in [2.45, 2.75) is 13.8 Å². The van der Waals surface area contributed by atoms with Crippen molar-refractivity contribution in [2.24, 2.45) is 4.99 Å². The highest BCUT2D eigenvalue weighted by molar-refractivity contribution is 8.18. The quantitative estimate of drug-likeness (QED) is 0.746. The van der Waals surface area contributed by atoms with Gasteiger partial charge in [-0.25, -0.2) is 9.79 Å². The van der Waals surface area contributed by atoms with E-state index in [1.165, 1.54) is 7.11 Å². The maximum Gasteiger partial charge on any atom is 0.344 e. The lowest BCUT2D eigenvalue weighted by Gasteiger charge is -2.03. The second kappa shape index (κ2) is 7.72. The Morgan fingerprint density at radius 3 is 2.56 bits per heavy atom. The molecule has 1 aliphatic rings. The number of rotatable bonds is 3. The van der Waals surface area contributed by atoms with E-state index in [9.17, 15) is 15.0 Å². The van der Waals surface area contributed by atoms with Crippen LogP contribution in [0.5, 0.6) is 5.75 Å². The Kier molecular flexibility index (Phi) is 5.37. The zero-order valence-electron chi connectivity index (χ0n) is 15.2. The predicted molar refractivity (Wildman–Crippen MR) is 108 cm³/mol. The third kappa shape index (κ3) is 4.06. The van der Waals surface area contributed by atoms with Crippen molar-refractivity contribution in [3.8, 4) is 5.75 Å². The van der Waals surface area contributed by atoms with Crippen molar-refractivity contribution in [1.29, 1.82) is 0 Å². The number of carbonyl (C=O) groups excluding carboxylic acids is 1. The van der Waals surface area contributed by atoms with Gasteiger partial charge in [0.25, 0.3) is 0 Å². The molecule has 0 saturated carbocycles. The first-order valence-electron chi connectivity index (χ1n) is 8.26. The van der Waals surface area contributed by atoms with Gasteiger partial charge in [-0.15, -0.1) is 0 Å². The number of thioether (sulfide) groups is 1. The molecule has 1 heterocycles. The fourth-order valence-corrected chi connectivity index (χ4v) is 3.66. The van der Waals surface area contributed by atoms with E-state index in [2.05, 4.69) is 4.99 Å². The molecule has 3 rings (SSSR count). The summed E-state index contributed by atoms with van der Waals surface area (Å²) in [6.07, 6.45) is 1.63. The summed E-state index contributed by atoms with van der Waals surface area (Å²) in [6, 6.07) is 12.7. The number of phenolic OH excluding ortho intramolecular Hbond substituents is 1. The summed E-state index contributed by atoms with van der Waals surface area (Å²) in [4.78, 5) is 17.1. The van der Waals surface area contributed by atoms with Crippen LogP contribution < -0.4 is 0 Å². The second-order valence-electron chi connectivity index (χ2n) is 6.14. The van der Waals surface area contributed by atoms with E-state index in [0.717, 1.165) is 22.9 Å². The number of hydrogen-bond acceptors (Lipinski definition) is 6. The molecule has 0 saturated heterocycles. The molecule has 138 valence electrons. The lowest BCUT2D eigenvalue weighted by molar-refractivity contribution is -0.135. The molecule has 0 aromatic heterocycles. The highest BCUT2D eigenvalue weighted by Crippen LogP contribution is 2.41. The molecule has 0 unspecified atom stereocenters. The Balaban J connectivity index is 2.09. The van der Waals surface area contributed by atoms with Gasteiger partial charge in [0.2, 0.25) is 0 Å². The molecular weight excluding hydrogens is 362 g/mol. The van der Waals surface area contributed by atoms with E-state index in [1.807, 2.05) is 38.1 Å². The normalized spacial score (nSPS) is 17.0. The van der Waals surface area contributed by atoms with Gasteiger partial charge in [-0.2, -0.15) is 0 Å². The summed E-state index contributed by atoms with van der Waals surface area (Å²) in [5, 5.41) is 21.0.